The van der Waals surface area contributed by atoms with Crippen LogP contribution in [-0.4, -0.2) is 44.8 Å². The molecule has 1 amide bonds. The number of aromatic amines is 1. The summed E-state index contributed by atoms with van der Waals surface area (Å²) in [5, 5.41) is 4.44. The third-order valence-electron chi connectivity index (χ3n) is 5.94. The minimum atomic E-state index is -0.482. The number of hydrogen-bond acceptors (Lipinski definition) is 8. The quantitative estimate of drug-likeness (QED) is 0.513. The number of pyridine rings is 1. The number of aryl methyl sites for hydroxylation is 1. The first-order chi connectivity index (χ1) is 16.3. The third kappa shape index (κ3) is 4.37. The number of aromatic nitrogens is 4. The van der Waals surface area contributed by atoms with E-state index in [1.165, 1.54) is 4.90 Å². The normalized spacial score (nSPS) is 18.8. The Labute approximate surface area is 200 Å². The van der Waals surface area contributed by atoms with Gasteiger partial charge in [0.25, 0.3) is 5.56 Å². The number of rotatable bonds is 7. The minimum absolute atomic E-state index is 0.138. The lowest BCUT2D eigenvalue weighted by molar-refractivity contribution is 0.178. The molecule has 2 aromatic heterocycles. The lowest BCUT2D eigenvalue weighted by atomic mass is 10.1. The molecule has 1 aromatic carbocycles. The molecule has 2 fully saturated rings. The summed E-state index contributed by atoms with van der Waals surface area (Å²) in [4.78, 5) is 42.5. The van der Waals surface area contributed by atoms with Crippen molar-refractivity contribution < 1.29 is 14.3 Å². The molecule has 11 heteroatoms. The maximum atomic E-state index is 12.9. The molecule has 1 aliphatic carbocycles. The van der Waals surface area contributed by atoms with Gasteiger partial charge >= 0.3 is 6.09 Å². The Kier molecular flexibility index (Phi) is 5.76. The molecule has 1 aliphatic heterocycles. The Morgan fingerprint density at radius 2 is 2.06 bits per heavy atom. The fraction of sp³-hybridized carbons (Fsp3) is 0.435. The van der Waals surface area contributed by atoms with Gasteiger partial charge in [0.2, 0.25) is 11.9 Å². The lowest BCUT2D eigenvalue weighted by Crippen LogP contribution is -2.35. The third-order valence-corrected chi connectivity index (χ3v) is 6.23. The Bertz CT molecular complexity index is 1320. The zero-order valence-corrected chi connectivity index (χ0v) is 19.8. The van der Waals surface area contributed by atoms with Crippen molar-refractivity contribution in [2.75, 3.05) is 16.8 Å². The zero-order valence-electron chi connectivity index (χ0n) is 19.1. The smallest absolute Gasteiger partial charge is 0.417 e. The molecule has 1 saturated carbocycles. The number of nitrogens with zero attached hydrogens (tertiary/aromatic N) is 4. The van der Waals surface area contributed by atoms with E-state index in [1.807, 2.05) is 13.8 Å². The first-order valence-electron chi connectivity index (χ1n) is 11.3. The number of halogens is 1. The van der Waals surface area contributed by atoms with Crippen molar-refractivity contribution in [2.24, 2.45) is 0 Å². The molecule has 0 radical (unpaired) electrons. The molecule has 0 unspecified atom stereocenters. The molecule has 3 heterocycles. The van der Waals surface area contributed by atoms with Crippen LogP contribution in [0, 0.1) is 6.92 Å². The highest BCUT2D eigenvalue weighted by molar-refractivity contribution is 6.32. The monoisotopic (exact) mass is 484 g/mol. The summed E-state index contributed by atoms with van der Waals surface area (Å²) in [5.74, 6) is 1.50. The van der Waals surface area contributed by atoms with Gasteiger partial charge in [0, 0.05) is 17.0 Å². The predicted molar refractivity (Wildman–Crippen MR) is 128 cm³/mol. The highest BCUT2D eigenvalue weighted by Gasteiger charge is 2.35. The van der Waals surface area contributed by atoms with Crippen molar-refractivity contribution in [3.8, 4) is 5.75 Å². The van der Waals surface area contributed by atoms with E-state index in [4.69, 9.17) is 21.1 Å². The number of cyclic esters (lactones) is 1. The second kappa shape index (κ2) is 8.75. The van der Waals surface area contributed by atoms with Gasteiger partial charge in [-0.2, -0.15) is 15.0 Å². The second-order valence-electron chi connectivity index (χ2n) is 8.62. The summed E-state index contributed by atoms with van der Waals surface area (Å²) >= 11 is 6.41. The molecule has 2 aliphatic rings. The van der Waals surface area contributed by atoms with E-state index in [1.54, 1.807) is 25.1 Å². The van der Waals surface area contributed by atoms with E-state index >= 15 is 0 Å². The average molecular weight is 485 g/mol. The van der Waals surface area contributed by atoms with Crippen LogP contribution in [0.4, 0.5) is 16.7 Å². The first kappa shape index (κ1) is 22.4. The topological polar surface area (TPSA) is 122 Å². The van der Waals surface area contributed by atoms with Crippen molar-refractivity contribution in [3.63, 3.8) is 0 Å². The van der Waals surface area contributed by atoms with E-state index in [0.29, 0.717) is 40.7 Å². The Morgan fingerprint density at radius 1 is 1.26 bits per heavy atom. The van der Waals surface area contributed by atoms with E-state index in [0.717, 1.165) is 18.2 Å². The van der Waals surface area contributed by atoms with Crippen molar-refractivity contribution in [1.29, 1.82) is 0 Å². The number of carbonyl (C=O) groups excluding carboxylic acids is 1. The number of carbonyl (C=O) groups is 1. The standard InChI is InChI=1S/C23H25ClN6O4/c1-4-14-10-33-23(32)30(14)22-27-12(3)26-21(29-22)25-11(2)16-7-13-8-17(24)19(34-15-5-6-15)9-18(13)28-20(16)31/h7-9,11,14-15H,4-6,10H2,1-3H3,(H,28,31)(H,25,26,27,29)/t11-,14-/m0/s1. The maximum absolute atomic E-state index is 12.9. The highest BCUT2D eigenvalue weighted by atomic mass is 35.5. The van der Waals surface area contributed by atoms with Gasteiger partial charge < -0.3 is 19.8 Å². The molecule has 34 heavy (non-hydrogen) atoms. The molecular formula is C23H25ClN6O4. The van der Waals surface area contributed by atoms with Crippen molar-refractivity contribution in [1.82, 2.24) is 19.9 Å². The van der Waals surface area contributed by atoms with E-state index in [-0.39, 0.29) is 29.6 Å². The molecule has 2 atom stereocenters. The zero-order chi connectivity index (χ0) is 24.0. The molecule has 0 spiro atoms. The Morgan fingerprint density at radius 3 is 2.79 bits per heavy atom. The van der Waals surface area contributed by atoms with Crippen LogP contribution in [0.1, 0.15) is 50.5 Å². The SMILES string of the molecule is CC[C@H]1COC(=O)N1c1nc(C)nc(N[C@@H](C)c2cc3cc(Cl)c(OC4CC4)cc3[nH]c2=O)n1. The van der Waals surface area contributed by atoms with Crippen molar-refractivity contribution >= 4 is 40.5 Å². The van der Waals surface area contributed by atoms with Crippen LogP contribution in [-0.2, 0) is 4.74 Å². The summed E-state index contributed by atoms with van der Waals surface area (Å²) in [6.45, 7) is 5.81. The molecule has 3 aromatic rings. The molecule has 0 bridgehead atoms. The van der Waals surface area contributed by atoms with E-state index in [2.05, 4.69) is 25.3 Å². The Hall–Kier alpha value is -3.40. The maximum Gasteiger partial charge on any atom is 0.417 e. The summed E-state index contributed by atoms with van der Waals surface area (Å²) < 4.78 is 11.0. The van der Waals surface area contributed by atoms with Gasteiger partial charge in [-0.15, -0.1) is 0 Å². The molecule has 1 saturated heterocycles. The number of nitrogens with one attached hydrogen (secondary N) is 2. The lowest BCUT2D eigenvalue weighted by Gasteiger charge is -2.20. The van der Waals surface area contributed by atoms with Gasteiger partial charge in [0.05, 0.1) is 28.7 Å². The van der Waals surface area contributed by atoms with Gasteiger partial charge in [-0.1, -0.05) is 18.5 Å². The second-order valence-corrected chi connectivity index (χ2v) is 9.03. The average Bonchev–Trinajstić information content (AvgIpc) is 3.52. The summed E-state index contributed by atoms with van der Waals surface area (Å²) in [7, 11) is 0. The van der Waals surface area contributed by atoms with Crippen LogP contribution >= 0.6 is 11.6 Å². The van der Waals surface area contributed by atoms with E-state index in [9.17, 15) is 9.59 Å². The number of fused-ring (bicyclic) bond motifs is 1. The number of ether oxygens (including phenoxy) is 2. The van der Waals surface area contributed by atoms with Crippen LogP contribution in [0.25, 0.3) is 10.9 Å². The molecule has 10 nitrogen and oxygen atoms in total. The number of H-pyrrole nitrogens is 1. The largest absolute Gasteiger partial charge is 0.489 e. The first-order valence-corrected chi connectivity index (χ1v) is 11.7. The summed E-state index contributed by atoms with van der Waals surface area (Å²) in [6, 6.07) is 4.77. The summed E-state index contributed by atoms with van der Waals surface area (Å²) in [5.41, 5.74) is 0.899. The van der Waals surface area contributed by atoms with Gasteiger partial charge in [-0.3, -0.25) is 4.79 Å². The van der Waals surface area contributed by atoms with Gasteiger partial charge in [0.15, 0.2) is 0 Å². The van der Waals surface area contributed by atoms with Crippen molar-refractivity contribution in [3.05, 3.63) is 45.0 Å². The molecule has 5 rings (SSSR count). The van der Waals surface area contributed by atoms with E-state index < -0.39 is 12.1 Å². The fourth-order valence-corrected chi connectivity index (χ4v) is 4.14. The molecular weight excluding hydrogens is 460 g/mol. The minimum Gasteiger partial charge on any atom is -0.489 e. The number of amides is 1. The van der Waals surface area contributed by atoms with Crippen LogP contribution in [0.3, 0.4) is 0 Å². The van der Waals surface area contributed by atoms with Crippen molar-refractivity contribution in [2.45, 2.75) is 58.2 Å². The Balaban J connectivity index is 1.42. The number of benzene rings is 1. The predicted octanol–water partition coefficient (Wildman–Crippen LogP) is 4.12. The van der Waals surface area contributed by atoms with Crippen LogP contribution in [0.5, 0.6) is 5.75 Å². The van der Waals surface area contributed by atoms with Crippen LogP contribution in [0.2, 0.25) is 5.02 Å². The van der Waals surface area contributed by atoms with Gasteiger partial charge in [0.1, 0.15) is 18.2 Å². The highest BCUT2D eigenvalue weighted by Crippen LogP contribution is 2.34. The van der Waals surface area contributed by atoms with Crippen LogP contribution < -0.4 is 20.5 Å². The summed E-state index contributed by atoms with van der Waals surface area (Å²) in [6.07, 6.45) is 2.46. The van der Waals surface area contributed by atoms with Gasteiger partial charge in [-0.25, -0.2) is 9.69 Å². The van der Waals surface area contributed by atoms with Gasteiger partial charge in [-0.05, 0) is 45.2 Å². The fourth-order valence-electron chi connectivity index (χ4n) is 3.92. The number of anilines is 2. The molecule has 2 N–H and O–H groups in total. The van der Waals surface area contributed by atoms with Crippen LogP contribution in [0.15, 0.2) is 23.0 Å². The number of hydrogen-bond donors (Lipinski definition) is 2. The molecule has 178 valence electrons.